The summed E-state index contributed by atoms with van der Waals surface area (Å²) < 4.78 is 5.55. The molecule has 7 heteroatoms. The van der Waals surface area contributed by atoms with Crippen LogP contribution in [-0.4, -0.2) is 54.0 Å². The van der Waals surface area contributed by atoms with Gasteiger partial charge in [0.25, 0.3) is 0 Å². The van der Waals surface area contributed by atoms with Crippen LogP contribution in [0, 0.1) is 6.92 Å². The molecule has 1 aromatic heterocycles. The average molecular weight is 415 g/mol. The molecule has 4 rings (SSSR count). The molecule has 0 aliphatic carbocycles. The summed E-state index contributed by atoms with van der Waals surface area (Å²) in [5.74, 6) is -0.218. The highest BCUT2D eigenvalue weighted by molar-refractivity contribution is 7.17. The number of fused-ring (bicyclic) bond motifs is 1. The summed E-state index contributed by atoms with van der Waals surface area (Å²) in [6.07, 6.45) is 1.97. The molecular formula is C22H26N2O4S. The molecule has 1 amide bonds. The molecule has 0 saturated carbocycles. The van der Waals surface area contributed by atoms with Crippen molar-refractivity contribution < 1.29 is 19.4 Å². The molecule has 1 atom stereocenters. The Hall–Kier alpha value is -2.06. The number of aliphatic hydroxyl groups excluding tert-OH is 1. The average Bonchev–Trinajstić information content (AvgIpc) is 3.05. The first kappa shape index (κ1) is 20.2. The Balaban J connectivity index is 1.57. The molecular weight excluding hydrogens is 388 g/mol. The predicted molar refractivity (Wildman–Crippen MR) is 113 cm³/mol. The zero-order chi connectivity index (χ0) is 20.4. The summed E-state index contributed by atoms with van der Waals surface area (Å²) in [4.78, 5) is 29.0. The van der Waals surface area contributed by atoms with Gasteiger partial charge in [-0.25, -0.2) is 0 Å². The third-order valence-corrected chi connectivity index (χ3v) is 6.58. The number of thiophene rings is 1. The van der Waals surface area contributed by atoms with Crippen LogP contribution in [0.1, 0.15) is 44.8 Å². The number of nitrogens with one attached hydrogen (secondary N) is 1. The highest BCUT2D eigenvalue weighted by Crippen LogP contribution is 2.38. The highest BCUT2D eigenvalue weighted by atomic mass is 32.1. The number of amides is 1. The smallest absolute Gasteiger partial charge is 0.239 e. The number of carbonyl (C=O) groups is 2. The van der Waals surface area contributed by atoms with Crippen LogP contribution in [0.15, 0.2) is 24.3 Å². The Bertz CT molecular complexity index is 906. The van der Waals surface area contributed by atoms with Gasteiger partial charge >= 0.3 is 0 Å². The van der Waals surface area contributed by atoms with Crippen LogP contribution in [-0.2, 0) is 22.6 Å². The first-order valence-electron chi connectivity index (χ1n) is 10.0. The lowest BCUT2D eigenvalue weighted by Gasteiger charge is -2.29. The highest BCUT2D eigenvalue weighted by Gasteiger charge is 2.28. The maximum atomic E-state index is 13.3. The zero-order valence-corrected chi connectivity index (χ0v) is 17.4. The topological polar surface area (TPSA) is 78.9 Å². The van der Waals surface area contributed by atoms with Crippen molar-refractivity contribution in [1.82, 2.24) is 4.90 Å². The van der Waals surface area contributed by atoms with Gasteiger partial charge in [0.05, 0.1) is 31.4 Å². The molecule has 2 aliphatic heterocycles. The molecule has 1 aromatic carbocycles. The van der Waals surface area contributed by atoms with E-state index in [1.807, 2.05) is 36.1 Å². The lowest BCUT2D eigenvalue weighted by molar-refractivity contribution is -0.117. The van der Waals surface area contributed by atoms with Crippen LogP contribution >= 0.6 is 11.3 Å². The second-order valence-electron chi connectivity index (χ2n) is 7.78. The molecule has 0 radical (unpaired) electrons. The minimum Gasteiger partial charge on any atom is -0.392 e. The van der Waals surface area contributed by atoms with Crippen LogP contribution in [0.2, 0.25) is 0 Å². The third kappa shape index (κ3) is 4.59. The number of hydrogen-bond acceptors (Lipinski definition) is 6. The summed E-state index contributed by atoms with van der Waals surface area (Å²) >= 11 is 1.43. The minimum absolute atomic E-state index is 0.0619. The van der Waals surface area contributed by atoms with E-state index in [0.29, 0.717) is 42.3 Å². The van der Waals surface area contributed by atoms with Gasteiger partial charge in [-0.1, -0.05) is 29.8 Å². The molecule has 1 saturated heterocycles. The number of likely N-dealkylation sites (tertiary alicyclic amines) is 1. The number of rotatable bonds is 5. The second kappa shape index (κ2) is 8.75. The Labute approximate surface area is 174 Å². The van der Waals surface area contributed by atoms with Crippen molar-refractivity contribution in [3.05, 3.63) is 51.4 Å². The Kier molecular flexibility index (Phi) is 6.10. The van der Waals surface area contributed by atoms with E-state index in [-0.39, 0.29) is 24.3 Å². The van der Waals surface area contributed by atoms with Gasteiger partial charge in [0.2, 0.25) is 5.91 Å². The molecule has 29 heavy (non-hydrogen) atoms. The first-order chi connectivity index (χ1) is 14.0. The fourth-order valence-corrected chi connectivity index (χ4v) is 5.15. The van der Waals surface area contributed by atoms with Gasteiger partial charge < -0.3 is 15.2 Å². The molecule has 3 heterocycles. The van der Waals surface area contributed by atoms with Crippen LogP contribution in [0.5, 0.6) is 0 Å². The van der Waals surface area contributed by atoms with Crippen molar-refractivity contribution in [3.63, 3.8) is 0 Å². The van der Waals surface area contributed by atoms with Gasteiger partial charge in [-0.2, -0.15) is 0 Å². The molecule has 0 bridgehead atoms. The fraction of sp³-hybridized carbons (Fsp3) is 0.455. The SMILES string of the molecule is Cc1ccc(C(=O)c2c(NC(=O)CN3CCCC(O)C3)sc3c2CCOC3)cc1. The van der Waals surface area contributed by atoms with Gasteiger partial charge in [0.1, 0.15) is 5.00 Å². The number of aryl methyl sites for hydroxylation is 1. The predicted octanol–water partition coefficient (Wildman–Crippen LogP) is 2.76. The maximum Gasteiger partial charge on any atom is 0.239 e. The molecule has 1 unspecified atom stereocenters. The summed E-state index contributed by atoms with van der Waals surface area (Å²) in [5.41, 5.74) is 3.32. The molecule has 2 N–H and O–H groups in total. The fourth-order valence-electron chi connectivity index (χ4n) is 3.95. The molecule has 154 valence electrons. The number of aliphatic hydroxyl groups is 1. The Morgan fingerprint density at radius 1 is 1.31 bits per heavy atom. The lowest BCUT2D eigenvalue weighted by atomic mass is 9.97. The second-order valence-corrected chi connectivity index (χ2v) is 8.89. The van der Waals surface area contributed by atoms with E-state index in [0.717, 1.165) is 35.4 Å². The minimum atomic E-state index is -0.374. The summed E-state index contributed by atoms with van der Waals surface area (Å²) in [5, 5.41) is 13.4. The largest absolute Gasteiger partial charge is 0.392 e. The number of benzene rings is 1. The van der Waals surface area contributed by atoms with Crippen LogP contribution in [0.4, 0.5) is 5.00 Å². The van der Waals surface area contributed by atoms with E-state index in [1.54, 1.807) is 0 Å². The van der Waals surface area contributed by atoms with Gasteiger partial charge in [-0.15, -0.1) is 11.3 Å². The maximum absolute atomic E-state index is 13.3. The van der Waals surface area contributed by atoms with Crippen LogP contribution in [0.3, 0.4) is 0 Å². The number of nitrogens with zero attached hydrogens (tertiary/aromatic N) is 1. The van der Waals surface area contributed by atoms with Crippen molar-refractivity contribution in [2.24, 2.45) is 0 Å². The van der Waals surface area contributed by atoms with Crippen LogP contribution in [0.25, 0.3) is 0 Å². The number of hydrogen-bond donors (Lipinski definition) is 2. The quantitative estimate of drug-likeness (QED) is 0.736. The molecule has 1 fully saturated rings. The number of anilines is 1. The van der Waals surface area contributed by atoms with E-state index in [1.165, 1.54) is 11.3 Å². The van der Waals surface area contributed by atoms with Crippen molar-refractivity contribution in [1.29, 1.82) is 0 Å². The van der Waals surface area contributed by atoms with E-state index in [4.69, 9.17) is 4.74 Å². The summed E-state index contributed by atoms with van der Waals surface area (Å²) in [6, 6.07) is 7.52. The van der Waals surface area contributed by atoms with Crippen molar-refractivity contribution >= 4 is 28.0 Å². The van der Waals surface area contributed by atoms with Gasteiger partial charge in [0.15, 0.2) is 5.78 Å². The summed E-state index contributed by atoms with van der Waals surface area (Å²) in [6.45, 7) is 4.57. The van der Waals surface area contributed by atoms with Gasteiger partial charge in [0, 0.05) is 17.0 Å². The molecule has 6 nitrogen and oxygen atoms in total. The standard InChI is InChI=1S/C22H26N2O4S/c1-14-4-6-15(7-5-14)21(27)20-17-8-10-28-13-18(17)29-22(20)23-19(26)12-24-9-2-3-16(25)11-24/h4-7,16,25H,2-3,8-13H2,1H3,(H,23,26). The summed E-state index contributed by atoms with van der Waals surface area (Å²) in [7, 11) is 0. The van der Waals surface area contributed by atoms with Crippen molar-refractivity contribution in [2.45, 2.75) is 38.9 Å². The number of piperidine rings is 1. The number of ether oxygens (including phenoxy) is 1. The normalized spacial score (nSPS) is 19.6. The van der Waals surface area contributed by atoms with E-state index < -0.39 is 0 Å². The first-order valence-corrected chi connectivity index (χ1v) is 10.9. The van der Waals surface area contributed by atoms with E-state index in [2.05, 4.69) is 5.32 Å². The number of ketones is 1. The third-order valence-electron chi connectivity index (χ3n) is 5.46. The van der Waals surface area contributed by atoms with Crippen LogP contribution < -0.4 is 5.32 Å². The van der Waals surface area contributed by atoms with Gasteiger partial charge in [-0.05, 0) is 38.3 Å². The Morgan fingerprint density at radius 2 is 2.10 bits per heavy atom. The molecule has 2 aliphatic rings. The van der Waals surface area contributed by atoms with Gasteiger partial charge in [-0.3, -0.25) is 14.5 Å². The molecule has 0 spiro atoms. The van der Waals surface area contributed by atoms with Crippen molar-refractivity contribution in [2.75, 3.05) is 31.6 Å². The number of carbonyl (C=O) groups excluding carboxylic acids is 2. The van der Waals surface area contributed by atoms with E-state index in [9.17, 15) is 14.7 Å². The van der Waals surface area contributed by atoms with Crippen molar-refractivity contribution in [3.8, 4) is 0 Å². The zero-order valence-electron chi connectivity index (χ0n) is 16.6. The lowest BCUT2D eigenvalue weighted by Crippen LogP contribution is -2.42. The number of β-amino-alcohol motifs (C(OH)–C–C–N with tert-alkyl or cyclic N) is 1. The monoisotopic (exact) mass is 414 g/mol. The Morgan fingerprint density at radius 3 is 2.86 bits per heavy atom. The molecule has 2 aromatic rings. The van der Waals surface area contributed by atoms with E-state index >= 15 is 0 Å².